The van der Waals surface area contributed by atoms with E-state index in [-0.39, 0.29) is 6.42 Å². The molecule has 0 aliphatic rings. The number of carbonyl (C=O) groups is 1. The van der Waals surface area contributed by atoms with E-state index in [9.17, 15) is 4.79 Å². The molecule has 0 spiro atoms. The Morgan fingerprint density at radius 2 is 1.58 bits per heavy atom. The van der Waals surface area contributed by atoms with Crippen molar-refractivity contribution in [1.29, 1.82) is 0 Å². The number of hydrogen-bond acceptors (Lipinski definition) is 1. The van der Waals surface area contributed by atoms with E-state index in [0.29, 0.717) is 0 Å². The lowest BCUT2D eigenvalue weighted by atomic mass is 9.78. The van der Waals surface area contributed by atoms with Gasteiger partial charge in [0.15, 0.2) is 0 Å². The molecule has 0 atom stereocenters. The lowest BCUT2D eigenvalue weighted by Gasteiger charge is -2.26. The fraction of sp³-hybridized carbons (Fsp3) is 0.235. The molecule has 19 heavy (non-hydrogen) atoms. The summed E-state index contributed by atoms with van der Waals surface area (Å²) >= 11 is 0. The highest BCUT2D eigenvalue weighted by Gasteiger charge is 2.26. The van der Waals surface area contributed by atoms with Gasteiger partial charge in [0, 0.05) is 5.41 Å². The summed E-state index contributed by atoms with van der Waals surface area (Å²) in [6.45, 7) is 3.95. The van der Waals surface area contributed by atoms with Crippen LogP contribution in [0.15, 0.2) is 54.6 Å². The van der Waals surface area contributed by atoms with E-state index >= 15 is 0 Å². The van der Waals surface area contributed by atoms with E-state index < -0.39 is 11.4 Å². The number of aliphatic carboxylic acids is 1. The van der Waals surface area contributed by atoms with Gasteiger partial charge in [0.2, 0.25) is 0 Å². The van der Waals surface area contributed by atoms with Gasteiger partial charge in [0.25, 0.3) is 0 Å². The van der Waals surface area contributed by atoms with Crippen LogP contribution < -0.4 is 0 Å². The van der Waals surface area contributed by atoms with Gasteiger partial charge >= 0.3 is 5.97 Å². The molecule has 2 nitrogen and oxygen atoms in total. The molecule has 0 aromatic heterocycles. The third-order valence-corrected chi connectivity index (χ3v) is 3.33. The van der Waals surface area contributed by atoms with Gasteiger partial charge in [-0.25, -0.2) is 0 Å². The number of rotatable bonds is 4. The molecule has 98 valence electrons. The van der Waals surface area contributed by atoms with E-state index in [0.717, 1.165) is 16.7 Å². The van der Waals surface area contributed by atoms with Crippen LogP contribution in [0.1, 0.15) is 25.8 Å². The average molecular weight is 254 g/mol. The molecule has 0 bridgehead atoms. The minimum absolute atomic E-state index is 0.122. The Morgan fingerprint density at radius 1 is 1.00 bits per heavy atom. The van der Waals surface area contributed by atoms with Crippen LogP contribution in [0, 0.1) is 0 Å². The summed E-state index contributed by atoms with van der Waals surface area (Å²) < 4.78 is 0. The summed E-state index contributed by atoms with van der Waals surface area (Å²) in [6.07, 6.45) is 0.122. The fourth-order valence-electron chi connectivity index (χ4n) is 2.42. The second kappa shape index (κ2) is 5.27. The third-order valence-electron chi connectivity index (χ3n) is 3.33. The zero-order chi connectivity index (χ0) is 13.9. The summed E-state index contributed by atoms with van der Waals surface area (Å²) in [5, 5.41) is 9.07. The highest BCUT2D eigenvalue weighted by Crippen LogP contribution is 2.35. The SMILES string of the molecule is CC(C)(CC(=O)O)c1ccccc1-c1ccccc1. The highest BCUT2D eigenvalue weighted by atomic mass is 16.4. The predicted octanol–water partition coefficient (Wildman–Crippen LogP) is 4.11. The molecule has 0 saturated heterocycles. The van der Waals surface area contributed by atoms with Crippen molar-refractivity contribution in [3.05, 3.63) is 60.2 Å². The molecule has 0 fully saturated rings. The van der Waals surface area contributed by atoms with Crippen LogP contribution in [0.3, 0.4) is 0 Å². The Hall–Kier alpha value is -2.09. The fourth-order valence-corrected chi connectivity index (χ4v) is 2.42. The molecular formula is C17H18O2. The monoisotopic (exact) mass is 254 g/mol. The van der Waals surface area contributed by atoms with E-state index in [1.165, 1.54) is 0 Å². The van der Waals surface area contributed by atoms with Crippen LogP contribution in [0.4, 0.5) is 0 Å². The summed E-state index contributed by atoms with van der Waals surface area (Å²) in [5.41, 5.74) is 2.91. The molecule has 0 saturated carbocycles. The first-order valence-electron chi connectivity index (χ1n) is 6.37. The Balaban J connectivity index is 2.50. The van der Waals surface area contributed by atoms with Crippen molar-refractivity contribution in [1.82, 2.24) is 0 Å². The van der Waals surface area contributed by atoms with Crippen LogP contribution in [-0.2, 0) is 10.2 Å². The lowest BCUT2D eigenvalue weighted by molar-refractivity contribution is -0.138. The minimum atomic E-state index is -0.770. The van der Waals surface area contributed by atoms with Crippen LogP contribution in [0.2, 0.25) is 0 Å². The predicted molar refractivity (Wildman–Crippen MR) is 77.2 cm³/mol. The van der Waals surface area contributed by atoms with Gasteiger partial charge in [0.1, 0.15) is 0 Å². The normalized spacial score (nSPS) is 11.3. The molecule has 0 amide bonds. The first kappa shape index (κ1) is 13.3. The maximum Gasteiger partial charge on any atom is 0.304 e. The van der Waals surface area contributed by atoms with Gasteiger partial charge in [-0.3, -0.25) is 4.79 Å². The third kappa shape index (κ3) is 3.02. The van der Waals surface area contributed by atoms with E-state index in [1.54, 1.807) is 0 Å². The topological polar surface area (TPSA) is 37.3 Å². The molecule has 2 rings (SSSR count). The van der Waals surface area contributed by atoms with Crippen molar-refractivity contribution in [3.63, 3.8) is 0 Å². The van der Waals surface area contributed by atoms with Crippen molar-refractivity contribution < 1.29 is 9.90 Å². The Labute approximate surface area is 113 Å². The molecule has 2 aromatic carbocycles. The van der Waals surface area contributed by atoms with Crippen molar-refractivity contribution in [3.8, 4) is 11.1 Å². The Bertz CT molecular complexity index is 571. The van der Waals surface area contributed by atoms with Gasteiger partial charge in [-0.2, -0.15) is 0 Å². The lowest BCUT2D eigenvalue weighted by Crippen LogP contribution is -2.22. The molecule has 0 aliphatic heterocycles. The summed E-state index contributed by atoms with van der Waals surface area (Å²) in [6, 6.07) is 18.1. The molecule has 0 aliphatic carbocycles. The molecule has 0 heterocycles. The molecule has 2 heteroatoms. The zero-order valence-corrected chi connectivity index (χ0v) is 11.3. The van der Waals surface area contributed by atoms with Crippen molar-refractivity contribution in [2.24, 2.45) is 0 Å². The second-order valence-electron chi connectivity index (χ2n) is 5.37. The van der Waals surface area contributed by atoms with Gasteiger partial charge in [0.05, 0.1) is 6.42 Å². The largest absolute Gasteiger partial charge is 0.481 e. The van der Waals surface area contributed by atoms with Crippen LogP contribution in [-0.4, -0.2) is 11.1 Å². The molecular weight excluding hydrogens is 236 g/mol. The van der Waals surface area contributed by atoms with Crippen LogP contribution in [0.25, 0.3) is 11.1 Å². The first-order valence-corrected chi connectivity index (χ1v) is 6.37. The molecule has 0 radical (unpaired) electrons. The number of benzene rings is 2. The Morgan fingerprint density at radius 3 is 2.21 bits per heavy atom. The standard InChI is InChI=1S/C17H18O2/c1-17(2,12-16(18)19)15-11-7-6-10-14(15)13-8-4-3-5-9-13/h3-11H,12H2,1-2H3,(H,18,19). The maximum atomic E-state index is 11.0. The second-order valence-corrected chi connectivity index (χ2v) is 5.37. The molecule has 2 aromatic rings. The summed E-state index contributed by atoms with van der Waals surface area (Å²) in [5.74, 6) is -0.770. The van der Waals surface area contributed by atoms with Gasteiger partial charge in [-0.1, -0.05) is 68.4 Å². The first-order chi connectivity index (χ1) is 9.00. The van der Waals surface area contributed by atoms with Crippen molar-refractivity contribution >= 4 is 5.97 Å². The maximum absolute atomic E-state index is 11.0. The van der Waals surface area contributed by atoms with E-state index in [2.05, 4.69) is 12.1 Å². The van der Waals surface area contributed by atoms with Crippen LogP contribution in [0.5, 0.6) is 0 Å². The molecule has 0 unspecified atom stereocenters. The van der Waals surface area contributed by atoms with Crippen molar-refractivity contribution in [2.75, 3.05) is 0 Å². The minimum Gasteiger partial charge on any atom is -0.481 e. The summed E-state index contributed by atoms with van der Waals surface area (Å²) in [4.78, 5) is 11.0. The number of hydrogen-bond donors (Lipinski definition) is 1. The quantitative estimate of drug-likeness (QED) is 0.891. The molecule has 1 N–H and O–H groups in total. The van der Waals surface area contributed by atoms with Crippen molar-refractivity contribution in [2.45, 2.75) is 25.7 Å². The number of carboxylic acid groups (broad SMARTS) is 1. The van der Waals surface area contributed by atoms with E-state index in [4.69, 9.17) is 5.11 Å². The highest BCUT2D eigenvalue weighted by molar-refractivity contribution is 5.73. The average Bonchev–Trinajstić information content (AvgIpc) is 2.38. The summed E-state index contributed by atoms with van der Waals surface area (Å²) in [7, 11) is 0. The smallest absolute Gasteiger partial charge is 0.304 e. The van der Waals surface area contributed by atoms with Gasteiger partial charge in [-0.15, -0.1) is 0 Å². The Kier molecular flexibility index (Phi) is 3.70. The van der Waals surface area contributed by atoms with E-state index in [1.807, 2.05) is 56.3 Å². The zero-order valence-electron chi connectivity index (χ0n) is 11.3. The van der Waals surface area contributed by atoms with Gasteiger partial charge < -0.3 is 5.11 Å². The number of carboxylic acids is 1. The van der Waals surface area contributed by atoms with Crippen LogP contribution >= 0.6 is 0 Å². The van der Waals surface area contributed by atoms with Gasteiger partial charge in [-0.05, 0) is 16.7 Å².